The maximum Gasteiger partial charge on any atom is 0.472 e. The number of allylic oxidation sites excluding steroid dienone is 16. The van der Waals surface area contributed by atoms with Crippen molar-refractivity contribution >= 4 is 19.8 Å². The Balaban J connectivity index is 4.10. The van der Waals surface area contributed by atoms with Crippen LogP contribution >= 0.6 is 7.82 Å². The number of esters is 2. The minimum atomic E-state index is -4.39. The molecule has 1 N–H and O–H groups in total. The van der Waals surface area contributed by atoms with Crippen molar-refractivity contribution in [2.45, 2.75) is 264 Å². The first-order chi connectivity index (χ1) is 37.0. The fourth-order valence-electron chi connectivity index (χ4n) is 8.41. The molecule has 0 radical (unpaired) electrons. The van der Waals surface area contributed by atoms with Crippen molar-refractivity contribution in [3.63, 3.8) is 0 Å². The van der Waals surface area contributed by atoms with Crippen LogP contribution in [0.25, 0.3) is 0 Å². The van der Waals surface area contributed by atoms with Gasteiger partial charge in [0.2, 0.25) is 0 Å². The number of phosphoric ester groups is 1. The van der Waals surface area contributed by atoms with Gasteiger partial charge in [-0.1, -0.05) is 252 Å². The molecule has 0 aliphatic carbocycles. The van der Waals surface area contributed by atoms with Crippen molar-refractivity contribution in [2.24, 2.45) is 0 Å². The van der Waals surface area contributed by atoms with Gasteiger partial charge in [0.25, 0.3) is 0 Å². The third-order valence-corrected chi connectivity index (χ3v) is 14.1. The lowest BCUT2D eigenvalue weighted by Gasteiger charge is -2.24. The highest BCUT2D eigenvalue weighted by Crippen LogP contribution is 2.43. The molecule has 76 heavy (non-hydrogen) atoms. The first kappa shape index (κ1) is 72.9. The summed E-state index contributed by atoms with van der Waals surface area (Å²) in [7, 11) is 1.47. The zero-order valence-electron chi connectivity index (χ0n) is 49.7. The van der Waals surface area contributed by atoms with Crippen LogP contribution in [0.4, 0.5) is 0 Å². The number of phosphoric acid groups is 1. The summed E-state index contributed by atoms with van der Waals surface area (Å²) in [5, 5.41) is 0. The van der Waals surface area contributed by atoms with Crippen molar-refractivity contribution in [2.75, 3.05) is 47.5 Å². The topological polar surface area (TPSA) is 108 Å². The monoisotopic (exact) mass is 1080 g/mol. The Morgan fingerprint density at radius 2 is 0.711 bits per heavy atom. The van der Waals surface area contributed by atoms with Crippen molar-refractivity contribution in [1.82, 2.24) is 0 Å². The smallest absolute Gasteiger partial charge is 0.462 e. The lowest BCUT2D eigenvalue weighted by molar-refractivity contribution is -0.870. The zero-order chi connectivity index (χ0) is 55.6. The van der Waals surface area contributed by atoms with Crippen LogP contribution in [-0.4, -0.2) is 74.9 Å². The molecule has 0 spiro atoms. The first-order valence-electron chi connectivity index (χ1n) is 31.0. The molecular weight excluding hydrogens is 966 g/mol. The first-order valence-corrected chi connectivity index (χ1v) is 32.5. The SMILES string of the molecule is CC/C=C\C/C=C\C/C=C\C/C=C\CCCCCCCCCCCCCCCCCCCCC(=O)OC(COC(=O)CCCCCCCCCC/C=C\C/C=C\C/C=C\C/C=C\CC)COP(=O)(O)OCC[N+](C)(C)C. The molecule has 0 bridgehead atoms. The van der Waals surface area contributed by atoms with E-state index < -0.39 is 26.5 Å². The van der Waals surface area contributed by atoms with E-state index in [4.69, 9.17) is 18.5 Å². The number of carbonyl (C=O) groups excluding carboxylic acids is 2. The summed E-state index contributed by atoms with van der Waals surface area (Å²) in [5.41, 5.74) is 0. The summed E-state index contributed by atoms with van der Waals surface area (Å²) in [6.07, 6.45) is 77.7. The summed E-state index contributed by atoms with van der Waals surface area (Å²) in [6, 6.07) is 0. The second-order valence-electron chi connectivity index (χ2n) is 21.7. The highest BCUT2D eigenvalue weighted by molar-refractivity contribution is 7.47. The van der Waals surface area contributed by atoms with Gasteiger partial charge in [-0.15, -0.1) is 0 Å². The van der Waals surface area contributed by atoms with Crippen LogP contribution in [0.3, 0.4) is 0 Å². The molecule has 0 heterocycles. The molecule has 2 atom stereocenters. The van der Waals surface area contributed by atoms with Crippen molar-refractivity contribution in [1.29, 1.82) is 0 Å². The summed E-state index contributed by atoms with van der Waals surface area (Å²) >= 11 is 0. The highest BCUT2D eigenvalue weighted by Gasteiger charge is 2.27. The molecule has 438 valence electrons. The van der Waals surface area contributed by atoms with Gasteiger partial charge in [-0.2, -0.15) is 0 Å². The normalized spacial score (nSPS) is 13.9. The van der Waals surface area contributed by atoms with Crippen LogP contribution in [0.2, 0.25) is 0 Å². The molecule has 0 rings (SSSR count). The molecule has 0 aromatic carbocycles. The Hall–Kier alpha value is -3.07. The van der Waals surface area contributed by atoms with Crippen molar-refractivity contribution < 1.29 is 42.1 Å². The Bertz CT molecular complexity index is 1600. The van der Waals surface area contributed by atoms with Crippen molar-refractivity contribution in [3.8, 4) is 0 Å². The number of carbonyl (C=O) groups is 2. The fraction of sp³-hybridized carbons (Fsp3) is 0.727. The molecule has 0 saturated heterocycles. The minimum Gasteiger partial charge on any atom is -0.462 e. The van der Waals surface area contributed by atoms with Crippen LogP contribution in [0.15, 0.2) is 97.2 Å². The summed E-state index contributed by atoms with van der Waals surface area (Å²) in [6.45, 7) is 4.21. The average Bonchev–Trinajstić information content (AvgIpc) is 3.38. The zero-order valence-corrected chi connectivity index (χ0v) is 50.6. The van der Waals surface area contributed by atoms with E-state index in [1.165, 1.54) is 128 Å². The van der Waals surface area contributed by atoms with Gasteiger partial charge in [-0.3, -0.25) is 18.6 Å². The quantitative estimate of drug-likeness (QED) is 0.0211. The molecule has 0 aromatic heterocycles. The van der Waals surface area contributed by atoms with E-state index in [0.717, 1.165) is 96.3 Å². The maximum atomic E-state index is 12.8. The molecule has 10 heteroatoms. The lowest BCUT2D eigenvalue weighted by Crippen LogP contribution is -2.37. The molecule has 0 saturated carbocycles. The van der Waals surface area contributed by atoms with E-state index >= 15 is 0 Å². The molecular formula is C66H117NO8P+. The van der Waals surface area contributed by atoms with E-state index in [0.29, 0.717) is 17.4 Å². The highest BCUT2D eigenvalue weighted by atomic mass is 31.2. The predicted molar refractivity (Wildman–Crippen MR) is 325 cm³/mol. The van der Waals surface area contributed by atoms with Crippen molar-refractivity contribution in [3.05, 3.63) is 97.2 Å². The van der Waals surface area contributed by atoms with Gasteiger partial charge in [0.1, 0.15) is 19.8 Å². The van der Waals surface area contributed by atoms with Gasteiger partial charge in [0, 0.05) is 12.8 Å². The molecule has 9 nitrogen and oxygen atoms in total. The molecule has 0 fully saturated rings. The Morgan fingerprint density at radius 1 is 0.408 bits per heavy atom. The number of nitrogens with zero attached hydrogens (tertiary/aromatic N) is 1. The van der Waals surface area contributed by atoms with Gasteiger partial charge >= 0.3 is 19.8 Å². The van der Waals surface area contributed by atoms with Crippen LogP contribution in [-0.2, 0) is 32.7 Å². The van der Waals surface area contributed by atoms with E-state index in [2.05, 4.69) is 111 Å². The summed E-state index contributed by atoms with van der Waals surface area (Å²) in [5.74, 6) is -0.803. The van der Waals surface area contributed by atoms with Gasteiger partial charge < -0.3 is 18.9 Å². The largest absolute Gasteiger partial charge is 0.472 e. The standard InChI is InChI=1S/C66H116NO8P/c1-6-8-10-12-14-16-18-20-22-24-26-28-29-30-31-32-33-34-35-36-37-39-41-43-45-47-49-51-53-55-57-59-66(69)75-64(63-74-76(70,71)73-61-60-67(3,4)5)62-72-65(68)58-56-54-52-50-48-46-44-42-40-38-27-25-23-21-19-17-15-13-11-9-7-2/h8-11,14-17,20-23,26-28,38,64H,6-7,12-13,18-19,24-25,29-37,39-63H2,1-5H3/p+1/b10-8-,11-9-,16-14-,17-15-,22-20-,23-21-,28-26-,38-27-. The Kier molecular flexibility index (Phi) is 54.4. The fourth-order valence-corrected chi connectivity index (χ4v) is 9.15. The molecule has 2 unspecified atom stereocenters. The number of rotatable bonds is 56. The molecule has 0 aromatic rings. The molecule has 0 amide bonds. The predicted octanol–water partition coefficient (Wildman–Crippen LogP) is 19.6. The third-order valence-electron chi connectivity index (χ3n) is 13.1. The maximum absolute atomic E-state index is 12.8. The average molecular weight is 1080 g/mol. The van der Waals surface area contributed by atoms with E-state index in [9.17, 15) is 19.0 Å². The molecule has 0 aliphatic heterocycles. The van der Waals surface area contributed by atoms with Crippen LogP contribution in [0.1, 0.15) is 258 Å². The second-order valence-corrected chi connectivity index (χ2v) is 23.1. The third kappa shape index (κ3) is 60.2. The number of likely N-dealkylation sites (N-methyl/N-ethyl adjacent to an activating group) is 1. The van der Waals surface area contributed by atoms with E-state index in [1.54, 1.807) is 0 Å². The second kappa shape index (κ2) is 56.6. The van der Waals surface area contributed by atoms with Crippen LogP contribution in [0, 0.1) is 0 Å². The van der Waals surface area contributed by atoms with Gasteiger partial charge in [-0.05, 0) is 89.9 Å². The van der Waals surface area contributed by atoms with Crippen LogP contribution < -0.4 is 0 Å². The van der Waals surface area contributed by atoms with Gasteiger partial charge in [-0.25, -0.2) is 4.57 Å². The number of quaternary nitrogens is 1. The van der Waals surface area contributed by atoms with Crippen LogP contribution in [0.5, 0.6) is 0 Å². The summed E-state index contributed by atoms with van der Waals surface area (Å²) in [4.78, 5) is 35.8. The van der Waals surface area contributed by atoms with Gasteiger partial charge in [0.05, 0.1) is 27.7 Å². The van der Waals surface area contributed by atoms with E-state index in [1.807, 2.05) is 21.1 Å². The number of hydrogen-bond acceptors (Lipinski definition) is 7. The number of hydrogen-bond donors (Lipinski definition) is 1. The molecule has 0 aliphatic rings. The number of ether oxygens (including phenoxy) is 2. The summed E-state index contributed by atoms with van der Waals surface area (Å²) < 4.78 is 34.6. The van der Waals surface area contributed by atoms with E-state index in [-0.39, 0.29) is 32.0 Å². The minimum absolute atomic E-state index is 0.0273. The Morgan fingerprint density at radius 3 is 1.05 bits per heavy atom. The number of unbranched alkanes of at least 4 members (excludes halogenated alkanes) is 26. The van der Waals surface area contributed by atoms with Gasteiger partial charge in [0.15, 0.2) is 6.10 Å². The lowest BCUT2D eigenvalue weighted by atomic mass is 10.0. The Labute approximate surface area is 468 Å².